The van der Waals surface area contributed by atoms with Crippen LogP contribution < -0.4 is 0 Å². The highest BCUT2D eigenvalue weighted by atomic mass is 16.1. The normalized spacial score (nSPS) is 10.9. The Hall–Kier alpha value is -3.20. The summed E-state index contributed by atoms with van der Waals surface area (Å²) >= 11 is 0. The van der Waals surface area contributed by atoms with Crippen LogP contribution in [0.25, 0.3) is 16.6 Å². The summed E-state index contributed by atoms with van der Waals surface area (Å²) in [7, 11) is 0. The van der Waals surface area contributed by atoms with Gasteiger partial charge in [-0.2, -0.15) is 5.10 Å². The van der Waals surface area contributed by atoms with E-state index in [1.165, 1.54) is 0 Å². The smallest absolute Gasteiger partial charge is 0.167 e. The van der Waals surface area contributed by atoms with Crippen LogP contribution in [0.3, 0.4) is 0 Å². The van der Waals surface area contributed by atoms with Gasteiger partial charge in [0.1, 0.15) is 0 Å². The molecule has 4 rings (SSSR count). The summed E-state index contributed by atoms with van der Waals surface area (Å²) in [5, 5.41) is 5.76. The van der Waals surface area contributed by atoms with Crippen molar-refractivity contribution < 1.29 is 4.79 Å². The second-order valence-electron chi connectivity index (χ2n) is 6.23. The van der Waals surface area contributed by atoms with Crippen LogP contribution in [0.1, 0.15) is 21.5 Å². The van der Waals surface area contributed by atoms with Gasteiger partial charge < -0.3 is 0 Å². The van der Waals surface area contributed by atoms with Gasteiger partial charge in [-0.05, 0) is 30.2 Å². The summed E-state index contributed by atoms with van der Waals surface area (Å²) < 4.78 is 1.88. The van der Waals surface area contributed by atoms with E-state index in [0.717, 1.165) is 33.3 Å². The van der Waals surface area contributed by atoms with E-state index >= 15 is 0 Å². The summed E-state index contributed by atoms with van der Waals surface area (Å²) in [6.45, 7) is 2.05. The minimum atomic E-state index is 0.113. The molecule has 1 aromatic heterocycles. The fourth-order valence-electron chi connectivity index (χ4n) is 3.02. The Morgan fingerprint density at radius 1 is 0.960 bits per heavy atom. The number of nitrogens with zero attached hydrogens (tertiary/aromatic N) is 2. The highest BCUT2D eigenvalue weighted by Crippen LogP contribution is 2.21. The van der Waals surface area contributed by atoms with Crippen molar-refractivity contribution in [3.8, 4) is 5.69 Å². The number of carbonyl (C=O) groups is 1. The van der Waals surface area contributed by atoms with Gasteiger partial charge in [0.05, 0.1) is 11.2 Å². The lowest BCUT2D eigenvalue weighted by atomic mass is 10.0. The number of benzene rings is 3. The summed E-state index contributed by atoms with van der Waals surface area (Å²) in [6.07, 6.45) is 2.37. The lowest BCUT2D eigenvalue weighted by molar-refractivity contribution is 0.0993. The van der Waals surface area contributed by atoms with Crippen LogP contribution in [-0.2, 0) is 6.42 Å². The molecule has 0 saturated carbocycles. The van der Waals surface area contributed by atoms with E-state index in [0.29, 0.717) is 6.42 Å². The van der Waals surface area contributed by atoms with Crippen LogP contribution in [0.15, 0.2) is 79.0 Å². The molecule has 122 valence electrons. The van der Waals surface area contributed by atoms with Crippen LogP contribution in [0, 0.1) is 6.92 Å². The van der Waals surface area contributed by atoms with Gasteiger partial charge in [0, 0.05) is 23.6 Å². The Balaban J connectivity index is 1.75. The quantitative estimate of drug-likeness (QED) is 0.507. The Morgan fingerprint density at radius 2 is 1.72 bits per heavy atom. The lowest BCUT2D eigenvalue weighted by Crippen LogP contribution is -2.08. The van der Waals surface area contributed by atoms with Crippen LogP contribution in [-0.4, -0.2) is 15.6 Å². The van der Waals surface area contributed by atoms with Crippen LogP contribution in [0.5, 0.6) is 0 Å². The van der Waals surface area contributed by atoms with E-state index in [2.05, 4.69) is 18.1 Å². The van der Waals surface area contributed by atoms with Crippen LogP contribution >= 0.6 is 0 Å². The van der Waals surface area contributed by atoms with E-state index in [1.807, 2.05) is 77.6 Å². The monoisotopic (exact) mass is 326 g/mol. The van der Waals surface area contributed by atoms with Crippen molar-refractivity contribution in [1.82, 2.24) is 9.78 Å². The van der Waals surface area contributed by atoms with Gasteiger partial charge in [0.25, 0.3) is 0 Å². The maximum Gasteiger partial charge on any atom is 0.167 e. The van der Waals surface area contributed by atoms with Crippen LogP contribution in [0.4, 0.5) is 0 Å². The van der Waals surface area contributed by atoms with Crippen molar-refractivity contribution in [1.29, 1.82) is 0 Å². The number of Topliss-reactive ketones (excluding diaryl/α,β-unsaturated/α-hetero) is 1. The zero-order chi connectivity index (χ0) is 17.2. The average molecular weight is 326 g/mol. The van der Waals surface area contributed by atoms with E-state index in [1.54, 1.807) is 0 Å². The molecular weight excluding hydrogens is 308 g/mol. The first-order valence-electron chi connectivity index (χ1n) is 8.33. The fraction of sp³-hybridized carbons (Fsp3) is 0.0909. The van der Waals surface area contributed by atoms with Crippen molar-refractivity contribution >= 4 is 16.7 Å². The van der Waals surface area contributed by atoms with Crippen molar-refractivity contribution in [3.05, 3.63) is 95.7 Å². The molecular formula is C22H18N2O. The summed E-state index contributed by atoms with van der Waals surface area (Å²) in [4.78, 5) is 12.6. The van der Waals surface area contributed by atoms with Gasteiger partial charge in [-0.15, -0.1) is 0 Å². The number of ketones is 1. The second kappa shape index (κ2) is 6.36. The van der Waals surface area contributed by atoms with Crippen molar-refractivity contribution in [2.75, 3.05) is 0 Å². The zero-order valence-electron chi connectivity index (χ0n) is 14.0. The molecule has 0 aliphatic carbocycles. The number of carbonyl (C=O) groups excluding carboxylic acids is 1. The Labute approximate surface area is 146 Å². The molecule has 0 aliphatic heterocycles. The molecule has 0 saturated heterocycles. The van der Waals surface area contributed by atoms with Gasteiger partial charge in [0.2, 0.25) is 0 Å². The molecule has 0 radical (unpaired) electrons. The Bertz CT molecular complexity index is 1020. The number of aryl methyl sites for hydroxylation is 1. The summed E-state index contributed by atoms with van der Waals surface area (Å²) in [6, 6.07) is 23.6. The van der Waals surface area contributed by atoms with Crippen molar-refractivity contribution in [2.45, 2.75) is 13.3 Å². The lowest BCUT2D eigenvalue weighted by Gasteiger charge is -2.10. The van der Waals surface area contributed by atoms with E-state index < -0.39 is 0 Å². The zero-order valence-corrected chi connectivity index (χ0v) is 14.0. The molecule has 25 heavy (non-hydrogen) atoms. The van der Waals surface area contributed by atoms with E-state index in [-0.39, 0.29) is 5.78 Å². The molecule has 0 fully saturated rings. The molecule has 0 aliphatic rings. The molecule has 0 spiro atoms. The maximum atomic E-state index is 12.6. The van der Waals surface area contributed by atoms with Crippen molar-refractivity contribution in [3.63, 3.8) is 0 Å². The predicted octanol–water partition coefficient (Wildman–Crippen LogP) is 4.76. The van der Waals surface area contributed by atoms with Gasteiger partial charge >= 0.3 is 0 Å². The van der Waals surface area contributed by atoms with Gasteiger partial charge in [-0.25, -0.2) is 4.68 Å². The third-order valence-corrected chi connectivity index (χ3v) is 4.35. The molecule has 0 amide bonds. The summed E-state index contributed by atoms with van der Waals surface area (Å²) in [5.41, 5.74) is 4.77. The number of hydrogen-bond acceptors (Lipinski definition) is 2. The predicted molar refractivity (Wildman–Crippen MR) is 100 cm³/mol. The average Bonchev–Trinajstić information content (AvgIpc) is 3.08. The van der Waals surface area contributed by atoms with Crippen molar-refractivity contribution in [2.24, 2.45) is 0 Å². The van der Waals surface area contributed by atoms with Gasteiger partial charge in [0.15, 0.2) is 5.78 Å². The second-order valence-corrected chi connectivity index (χ2v) is 6.23. The SMILES string of the molecule is Cc1ccc(CC(=O)c2ccccc2)c(-n2cc3ccccc3n2)c1. The first kappa shape index (κ1) is 15.3. The first-order chi connectivity index (χ1) is 12.2. The highest BCUT2D eigenvalue weighted by molar-refractivity contribution is 5.97. The highest BCUT2D eigenvalue weighted by Gasteiger charge is 2.13. The maximum absolute atomic E-state index is 12.6. The third-order valence-electron chi connectivity index (χ3n) is 4.35. The molecule has 4 aromatic rings. The molecule has 0 unspecified atom stereocenters. The Kier molecular flexibility index (Phi) is 3.90. The van der Waals surface area contributed by atoms with Gasteiger partial charge in [-0.3, -0.25) is 4.79 Å². The minimum absolute atomic E-state index is 0.113. The first-order valence-corrected chi connectivity index (χ1v) is 8.33. The van der Waals surface area contributed by atoms with Crippen LogP contribution in [0.2, 0.25) is 0 Å². The molecule has 0 bridgehead atoms. The molecule has 0 atom stereocenters. The summed E-state index contributed by atoms with van der Waals surface area (Å²) in [5.74, 6) is 0.113. The molecule has 0 N–H and O–H groups in total. The largest absolute Gasteiger partial charge is 0.294 e. The number of fused-ring (bicyclic) bond motifs is 1. The van der Waals surface area contributed by atoms with Gasteiger partial charge in [-0.1, -0.05) is 60.7 Å². The fourth-order valence-corrected chi connectivity index (χ4v) is 3.02. The number of aromatic nitrogens is 2. The van der Waals surface area contributed by atoms with E-state index in [9.17, 15) is 4.79 Å². The number of rotatable bonds is 4. The minimum Gasteiger partial charge on any atom is -0.294 e. The molecule has 3 heteroatoms. The standard InChI is InChI=1S/C22H18N2O/c1-16-11-12-18(14-22(25)17-7-3-2-4-8-17)21(13-16)24-15-19-9-5-6-10-20(19)23-24/h2-13,15H,14H2,1H3. The molecule has 1 heterocycles. The Morgan fingerprint density at radius 3 is 2.52 bits per heavy atom. The van der Waals surface area contributed by atoms with E-state index in [4.69, 9.17) is 0 Å². The molecule has 3 aromatic carbocycles. The molecule has 3 nitrogen and oxygen atoms in total. The number of hydrogen-bond donors (Lipinski definition) is 0. The third kappa shape index (κ3) is 3.09. The topological polar surface area (TPSA) is 34.9 Å².